The Labute approximate surface area is 181 Å². The van der Waals surface area contributed by atoms with Gasteiger partial charge in [0, 0.05) is 25.2 Å². The van der Waals surface area contributed by atoms with Crippen LogP contribution in [0.2, 0.25) is 0 Å². The Morgan fingerprint density at radius 2 is 2.03 bits per heavy atom. The lowest BCUT2D eigenvalue weighted by Gasteiger charge is -2.31. The first-order valence-electron chi connectivity index (χ1n) is 10.5. The van der Waals surface area contributed by atoms with E-state index in [1.54, 1.807) is 43.5 Å². The second-order valence-electron chi connectivity index (χ2n) is 8.20. The van der Waals surface area contributed by atoms with Crippen LogP contribution in [0.25, 0.3) is 0 Å². The highest BCUT2D eigenvalue weighted by Crippen LogP contribution is 2.37. The van der Waals surface area contributed by atoms with Crippen molar-refractivity contribution in [3.8, 4) is 5.75 Å². The summed E-state index contributed by atoms with van der Waals surface area (Å²) in [6, 6.07) is 5.25. The minimum atomic E-state index is -0.532. The highest BCUT2D eigenvalue weighted by molar-refractivity contribution is 5.99. The average molecular weight is 425 g/mol. The number of rotatable bonds is 5. The number of ether oxygens (including phenoxy) is 1. The fourth-order valence-corrected chi connectivity index (χ4v) is 4.40. The quantitative estimate of drug-likeness (QED) is 0.758. The zero-order valence-electron chi connectivity index (χ0n) is 18.1. The van der Waals surface area contributed by atoms with Gasteiger partial charge in [-0.15, -0.1) is 0 Å². The van der Waals surface area contributed by atoms with Crippen LogP contribution in [0.3, 0.4) is 0 Å². The van der Waals surface area contributed by atoms with E-state index >= 15 is 0 Å². The molecule has 1 saturated carbocycles. The number of hydrogen-bond acceptors (Lipinski definition) is 7. The molecule has 1 aliphatic heterocycles. The zero-order valence-corrected chi connectivity index (χ0v) is 18.1. The normalized spacial score (nSPS) is 19.2. The highest BCUT2D eigenvalue weighted by Gasteiger charge is 2.35. The van der Waals surface area contributed by atoms with Gasteiger partial charge in [-0.05, 0) is 31.0 Å². The number of benzene rings is 1. The Hall–Kier alpha value is -3.36. The largest absolute Gasteiger partial charge is 0.495 e. The summed E-state index contributed by atoms with van der Waals surface area (Å²) in [4.78, 5) is 37.5. The van der Waals surface area contributed by atoms with Crippen LogP contribution in [0.4, 0.5) is 23.1 Å². The maximum absolute atomic E-state index is 12.8. The Balaban J connectivity index is 1.74. The molecule has 1 aliphatic carbocycles. The monoisotopic (exact) mass is 424 g/mol. The molecular formula is C22H28N6O3. The number of aromatic nitrogens is 2. The summed E-state index contributed by atoms with van der Waals surface area (Å²) < 4.78 is 5.40. The molecule has 0 bridgehead atoms. The summed E-state index contributed by atoms with van der Waals surface area (Å²) in [6.07, 6.45) is 6.22. The number of hydrogen-bond donors (Lipinski definition) is 2. The van der Waals surface area contributed by atoms with Gasteiger partial charge in [-0.1, -0.05) is 19.8 Å². The van der Waals surface area contributed by atoms with Crippen LogP contribution in [0, 0.1) is 5.92 Å². The Kier molecular flexibility index (Phi) is 5.67. The van der Waals surface area contributed by atoms with E-state index in [1.807, 2.05) is 6.92 Å². The molecule has 4 rings (SSSR count). The number of primary amides is 1. The van der Waals surface area contributed by atoms with Crippen LogP contribution in [0.5, 0.6) is 5.75 Å². The molecule has 1 unspecified atom stereocenters. The molecule has 2 amide bonds. The van der Waals surface area contributed by atoms with Crippen LogP contribution in [-0.2, 0) is 4.79 Å². The molecule has 1 aromatic carbocycles. The van der Waals surface area contributed by atoms with Crippen LogP contribution in [0.1, 0.15) is 43.0 Å². The molecule has 2 aromatic rings. The molecule has 9 heteroatoms. The third kappa shape index (κ3) is 3.99. The summed E-state index contributed by atoms with van der Waals surface area (Å²) in [5.41, 5.74) is 7.01. The molecule has 164 valence electrons. The van der Waals surface area contributed by atoms with Gasteiger partial charge in [0.25, 0.3) is 0 Å². The van der Waals surface area contributed by atoms with E-state index in [0.29, 0.717) is 41.2 Å². The topological polar surface area (TPSA) is 114 Å². The average Bonchev–Trinajstić information content (AvgIpc) is 3.28. The van der Waals surface area contributed by atoms with Crippen LogP contribution < -0.4 is 25.6 Å². The number of nitrogens with zero attached hydrogens (tertiary/aromatic N) is 4. The van der Waals surface area contributed by atoms with E-state index in [9.17, 15) is 9.59 Å². The first-order chi connectivity index (χ1) is 14.9. The smallest absolute Gasteiger partial charge is 0.248 e. The zero-order chi connectivity index (χ0) is 22.1. The Morgan fingerprint density at radius 3 is 2.71 bits per heavy atom. The molecule has 2 aliphatic rings. The molecular weight excluding hydrogens is 396 g/mol. The summed E-state index contributed by atoms with van der Waals surface area (Å²) >= 11 is 0. The molecule has 0 saturated heterocycles. The number of amides is 2. The summed E-state index contributed by atoms with van der Waals surface area (Å²) in [5.74, 6) is 1.03. The SMILES string of the molecule is COc1ccc(C(N)=O)cc1Nc1ncc2c(n1)N(C1CCCC1)CC(C)C(=O)N2C. The van der Waals surface area contributed by atoms with E-state index in [1.165, 1.54) is 12.8 Å². The van der Waals surface area contributed by atoms with Gasteiger partial charge >= 0.3 is 0 Å². The van der Waals surface area contributed by atoms with Crippen molar-refractivity contribution in [3.05, 3.63) is 30.0 Å². The van der Waals surface area contributed by atoms with Gasteiger partial charge in [-0.25, -0.2) is 4.98 Å². The third-order valence-electron chi connectivity index (χ3n) is 6.10. The molecule has 1 fully saturated rings. The maximum Gasteiger partial charge on any atom is 0.248 e. The van der Waals surface area contributed by atoms with E-state index in [0.717, 1.165) is 18.7 Å². The van der Waals surface area contributed by atoms with Crippen molar-refractivity contribution >= 4 is 35.0 Å². The third-order valence-corrected chi connectivity index (χ3v) is 6.10. The van der Waals surface area contributed by atoms with Gasteiger partial charge in [-0.3, -0.25) is 9.59 Å². The number of carbonyl (C=O) groups excluding carboxylic acids is 2. The van der Waals surface area contributed by atoms with Gasteiger partial charge in [0.1, 0.15) is 11.4 Å². The predicted octanol–water partition coefficient (Wildman–Crippen LogP) is 2.69. The van der Waals surface area contributed by atoms with E-state index in [4.69, 9.17) is 15.5 Å². The van der Waals surface area contributed by atoms with E-state index < -0.39 is 5.91 Å². The van der Waals surface area contributed by atoms with E-state index in [-0.39, 0.29) is 11.8 Å². The molecule has 9 nitrogen and oxygen atoms in total. The molecule has 3 N–H and O–H groups in total. The standard InChI is InChI=1S/C22H28N6O3/c1-13-12-28(15-6-4-5-7-15)20-17(27(2)21(13)30)11-24-22(26-20)25-16-10-14(19(23)29)8-9-18(16)31-3/h8-11,13,15H,4-7,12H2,1-3H3,(H2,23,29)(H,24,25,26). The minimum Gasteiger partial charge on any atom is -0.495 e. The van der Waals surface area contributed by atoms with Gasteiger partial charge in [0.15, 0.2) is 5.82 Å². The van der Waals surface area contributed by atoms with Crippen molar-refractivity contribution in [2.24, 2.45) is 11.7 Å². The summed E-state index contributed by atoms with van der Waals surface area (Å²) in [5, 5.41) is 3.15. The van der Waals surface area contributed by atoms with Gasteiger partial charge < -0.3 is 25.6 Å². The lowest BCUT2D eigenvalue weighted by atomic mass is 10.1. The number of anilines is 4. The van der Waals surface area contributed by atoms with Crippen molar-refractivity contribution in [1.29, 1.82) is 0 Å². The lowest BCUT2D eigenvalue weighted by molar-refractivity contribution is -0.121. The van der Waals surface area contributed by atoms with Crippen LogP contribution in [-0.4, -0.2) is 48.5 Å². The number of carbonyl (C=O) groups is 2. The fourth-order valence-electron chi connectivity index (χ4n) is 4.40. The first kappa shape index (κ1) is 20.9. The van der Waals surface area contributed by atoms with E-state index in [2.05, 4.69) is 15.2 Å². The molecule has 0 radical (unpaired) electrons. The van der Waals surface area contributed by atoms with Crippen LogP contribution in [0.15, 0.2) is 24.4 Å². The summed E-state index contributed by atoms with van der Waals surface area (Å²) in [6.45, 7) is 2.58. The first-order valence-corrected chi connectivity index (χ1v) is 10.5. The summed E-state index contributed by atoms with van der Waals surface area (Å²) in [7, 11) is 3.32. The van der Waals surface area contributed by atoms with Crippen molar-refractivity contribution in [1.82, 2.24) is 9.97 Å². The van der Waals surface area contributed by atoms with Crippen LogP contribution >= 0.6 is 0 Å². The molecule has 1 atom stereocenters. The minimum absolute atomic E-state index is 0.0573. The van der Waals surface area contributed by atoms with Crippen molar-refractivity contribution in [2.45, 2.75) is 38.6 Å². The molecule has 0 spiro atoms. The molecule has 2 heterocycles. The maximum atomic E-state index is 12.8. The van der Waals surface area contributed by atoms with Gasteiger partial charge in [0.2, 0.25) is 17.8 Å². The lowest BCUT2D eigenvalue weighted by Crippen LogP contribution is -2.38. The second kappa shape index (κ2) is 8.41. The Bertz CT molecular complexity index is 1000. The second-order valence-corrected chi connectivity index (χ2v) is 8.20. The van der Waals surface area contributed by atoms with Crippen molar-refractivity contribution in [3.63, 3.8) is 0 Å². The number of methoxy groups -OCH3 is 1. The number of nitrogens with two attached hydrogens (primary N) is 1. The van der Waals surface area contributed by atoms with Crippen molar-refractivity contribution < 1.29 is 14.3 Å². The molecule has 1 aromatic heterocycles. The number of fused-ring (bicyclic) bond motifs is 1. The predicted molar refractivity (Wildman–Crippen MR) is 119 cm³/mol. The van der Waals surface area contributed by atoms with Gasteiger partial charge in [-0.2, -0.15) is 4.98 Å². The molecule has 31 heavy (non-hydrogen) atoms. The highest BCUT2D eigenvalue weighted by atomic mass is 16.5. The Morgan fingerprint density at radius 1 is 1.29 bits per heavy atom. The van der Waals surface area contributed by atoms with Gasteiger partial charge in [0.05, 0.1) is 24.9 Å². The van der Waals surface area contributed by atoms with Crippen molar-refractivity contribution in [2.75, 3.05) is 35.8 Å². The number of nitrogens with one attached hydrogen (secondary N) is 1. The fraction of sp³-hybridized carbons (Fsp3) is 0.455.